The second kappa shape index (κ2) is 9.55. The molecule has 3 aromatic rings. The maximum atomic E-state index is 13.6. The number of aromatic nitrogens is 1. The van der Waals surface area contributed by atoms with E-state index in [0.29, 0.717) is 42.0 Å². The van der Waals surface area contributed by atoms with E-state index < -0.39 is 12.0 Å². The number of hydrogen-bond acceptors (Lipinski definition) is 6. The van der Waals surface area contributed by atoms with E-state index in [0.717, 1.165) is 5.56 Å². The van der Waals surface area contributed by atoms with Gasteiger partial charge in [0.25, 0.3) is 5.56 Å². The fourth-order valence-electron chi connectivity index (χ4n) is 3.67. The Kier molecular flexibility index (Phi) is 6.74. The van der Waals surface area contributed by atoms with Crippen LogP contribution in [0, 0.1) is 0 Å². The minimum atomic E-state index is -0.691. The van der Waals surface area contributed by atoms with E-state index in [1.54, 1.807) is 57.4 Å². The van der Waals surface area contributed by atoms with Crippen molar-refractivity contribution in [1.29, 1.82) is 0 Å². The molecule has 1 aromatic heterocycles. The van der Waals surface area contributed by atoms with Gasteiger partial charge in [0, 0.05) is 0 Å². The molecular formula is C24H20Cl2N2O4S. The highest BCUT2D eigenvalue weighted by atomic mass is 35.5. The van der Waals surface area contributed by atoms with Crippen LogP contribution in [0.1, 0.15) is 31.0 Å². The molecule has 1 atom stereocenters. The monoisotopic (exact) mass is 502 g/mol. The quantitative estimate of drug-likeness (QED) is 0.492. The van der Waals surface area contributed by atoms with E-state index >= 15 is 0 Å². The third-order valence-corrected chi connectivity index (χ3v) is 7.03. The standard InChI is InChI=1S/C24H20Cl2N2O4S/c1-4-32-23(30)19-13(2)27-24-28(21(19)14-8-10-16(31-3)11-9-14)22(29)18(33-24)12-15-6-5-7-17(25)20(15)26/h5-12,21H,4H2,1-3H3/b18-12+/t21-/m0/s1. The molecule has 4 rings (SSSR count). The Morgan fingerprint density at radius 3 is 2.61 bits per heavy atom. The molecule has 0 bridgehead atoms. The number of methoxy groups -OCH3 is 1. The van der Waals surface area contributed by atoms with E-state index in [4.69, 9.17) is 32.7 Å². The SMILES string of the molecule is CCOC(=O)C1=C(C)N=c2s/c(=C/c3cccc(Cl)c3Cl)c(=O)n2[C@H]1c1ccc(OC)cc1. The Morgan fingerprint density at radius 1 is 1.21 bits per heavy atom. The van der Waals surface area contributed by atoms with Gasteiger partial charge in [0.1, 0.15) is 5.75 Å². The van der Waals surface area contributed by atoms with E-state index in [1.807, 2.05) is 12.1 Å². The molecule has 0 saturated heterocycles. The molecule has 0 fully saturated rings. The van der Waals surface area contributed by atoms with Crippen molar-refractivity contribution in [1.82, 2.24) is 4.57 Å². The first-order chi connectivity index (χ1) is 15.8. The Hall–Kier alpha value is -2.87. The van der Waals surface area contributed by atoms with Gasteiger partial charge in [-0.2, -0.15) is 0 Å². The number of hydrogen-bond donors (Lipinski definition) is 0. The minimum absolute atomic E-state index is 0.211. The summed E-state index contributed by atoms with van der Waals surface area (Å²) in [5, 5.41) is 0.759. The van der Waals surface area contributed by atoms with Gasteiger partial charge in [-0.3, -0.25) is 9.36 Å². The Labute approximate surface area is 204 Å². The van der Waals surface area contributed by atoms with Gasteiger partial charge in [-0.25, -0.2) is 9.79 Å². The van der Waals surface area contributed by atoms with Crippen molar-refractivity contribution in [2.75, 3.05) is 13.7 Å². The number of fused-ring (bicyclic) bond motifs is 1. The van der Waals surface area contributed by atoms with Gasteiger partial charge >= 0.3 is 5.97 Å². The summed E-state index contributed by atoms with van der Waals surface area (Å²) in [6.07, 6.45) is 1.69. The molecule has 170 valence electrons. The van der Waals surface area contributed by atoms with Crippen LogP contribution in [0.15, 0.2) is 63.5 Å². The predicted molar refractivity (Wildman–Crippen MR) is 130 cm³/mol. The maximum absolute atomic E-state index is 13.6. The number of allylic oxidation sites excluding steroid dienone is 1. The number of ether oxygens (including phenoxy) is 2. The number of thiazole rings is 1. The van der Waals surface area contributed by atoms with E-state index in [2.05, 4.69) is 4.99 Å². The van der Waals surface area contributed by atoms with E-state index in [-0.39, 0.29) is 12.2 Å². The van der Waals surface area contributed by atoms with Crippen LogP contribution >= 0.6 is 34.5 Å². The van der Waals surface area contributed by atoms with Crippen LogP contribution in [-0.4, -0.2) is 24.3 Å². The molecular weight excluding hydrogens is 483 g/mol. The highest BCUT2D eigenvalue weighted by Gasteiger charge is 2.33. The summed E-state index contributed by atoms with van der Waals surface area (Å²) in [6.45, 7) is 3.69. The summed E-state index contributed by atoms with van der Waals surface area (Å²) in [7, 11) is 1.58. The highest BCUT2D eigenvalue weighted by Crippen LogP contribution is 2.32. The molecule has 2 aromatic carbocycles. The first-order valence-electron chi connectivity index (χ1n) is 10.1. The van der Waals surface area contributed by atoms with Crippen molar-refractivity contribution >= 4 is 46.6 Å². The van der Waals surface area contributed by atoms with Crippen molar-refractivity contribution in [2.24, 2.45) is 4.99 Å². The van der Waals surface area contributed by atoms with Crippen LogP contribution < -0.4 is 19.6 Å². The first-order valence-corrected chi connectivity index (χ1v) is 11.7. The molecule has 2 heterocycles. The van der Waals surface area contributed by atoms with Gasteiger partial charge in [0.15, 0.2) is 4.80 Å². The summed E-state index contributed by atoms with van der Waals surface area (Å²) >= 11 is 13.7. The van der Waals surface area contributed by atoms with Crippen molar-refractivity contribution < 1.29 is 14.3 Å². The normalized spacial score (nSPS) is 15.8. The van der Waals surface area contributed by atoms with Crippen molar-refractivity contribution in [3.05, 3.63) is 94.6 Å². The molecule has 1 aliphatic rings. The number of halogens is 2. The molecule has 0 spiro atoms. The van der Waals surface area contributed by atoms with Gasteiger partial charge in [-0.1, -0.05) is 58.8 Å². The largest absolute Gasteiger partial charge is 0.497 e. The molecule has 1 aliphatic heterocycles. The van der Waals surface area contributed by atoms with Gasteiger partial charge in [-0.15, -0.1) is 0 Å². The average Bonchev–Trinajstić information content (AvgIpc) is 3.10. The number of carbonyl (C=O) groups is 1. The molecule has 33 heavy (non-hydrogen) atoms. The number of benzene rings is 2. The summed E-state index contributed by atoms with van der Waals surface area (Å²) in [5.41, 5.74) is 1.90. The number of rotatable bonds is 5. The van der Waals surface area contributed by atoms with Crippen molar-refractivity contribution in [2.45, 2.75) is 19.9 Å². The lowest BCUT2D eigenvalue weighted by atomic mass is 9.96. The molecule has 0 saturated carbocycles. The van der Waals surface area contributed by atoms with Crippen LogP contribution in [0.3, 0.4) is 0 Å². The summed E-state index contributed by atoms with van der Waals surface area (Å²) in [6, 6.07) is 11.8. The van der Waals surface area contributed by atoms with Gasteiger partial charge in [0.2, 0.25) is 0 Å². The van der Waals surface area contributed by atoms with Crippen LogP contribution in [-0.2, 0) is 9.53 Å². The molecule has 0 radical (unpaired) electrons. The molecule has 0 aliphatic carbocycles. The van der Waals surface area contributed by atoms with Crippen LogP contribution in [0.2, 0.25) is 10.0 Å². The minimum Gasteiger partial charge on any atom is -0.497 e. The first kappa shape index (κ1) is 23.3. The van der Waals surface area contributed by atoms with E-state index in [9.17, 15) is 9.59 Å². The van der Waals surface area contributed by atoms with Crippen molar-refractivity contribution in [3.63, 3.8) is 0 Å². The Balaban J connectivity index is 1.96. The van der Waals surface area contributed by atoms with Crippen LogP contribution in [0.25, 0.3) is 6.08 Å². The maximum Gasteiger partial charge on any atom is 0.338 e. The van der Waals surface area contributed by atoms with Crippen molar-refractivity contribution in [3.8, 4) is 5.75 Å². The van der Waals surface area contributed by atoms with Gasteiger partial charge in [-0.05, 0) is 49.2 Å². The second-order valence-electron chi connectivity index (χ2n) is 7.22. The van der Waals surface area contributed by atoms with Gasteiger partial charge < -0.3 is 9.47 Å². The summed E-state index contributed by atoms with van der Waals surface area (Å²) < 4.78 is 12.5. The number of esters is 1. The average molecular weight is 503 g/mol. The summed E-state index contributed by atoms with van der Waals surface area (Å²) in [4.78, 5) is 31.5. The predicted octanol–water partition coefficient (Wildman–Crippen LogP) is 4.11. The lowest BCUT2D eigenvalue weighted by Gasteiger charge is -2.24. The van der Waals surface area contributed by atoms with E-state index in [1.165, 1.54) is 15.9 Å². The smallest absolute Gasteiger partial charge is 0.338 e. The number of nitrogens with zero attached hydrogens (tertiary/aromatic N) is 2. The topological polar surface area (TPSA) is 69.9 Å². The fourth-order valence-corrected chi connectivity index (χ4v) is 5.07. The number of carbonyl (C=O) groups excluding carboxylic acids is 1. The molecule has 0 unspecified atom stereocenters. The van der Waals surface area contributed by atoms with Crippen LogP contribution in [0.5, 0.6) is 5.75 Å². The highest BCUT2D eigenvalue weighted by molar-refractivity contribution is 7.07. The molecule has 9 heteroatoms. The zero-order valence-corrected chi connectivity index (χ0v) is 20.4. The molecule has 6 nitrogen and oxygen atoms in total. The second-order valence-corrected chi connectivity index (χ2v) is 9.01. The Morgan fingerprint density at radius 2 is 1.94 bits per heavy atom. The third kappa shape index (κ3) is 4.36. The lowest BCUT2D eigenvalue weighted by molar-refractivity contribution is -0.139. The summed E-state index contributed by atoms with van der Waals surface area (Å²) in [5.74, 6) is 0.159. The van der Waals surface area contributed by atoms with Crippen LogP contribution in [0.4, 0.5) is 0 Å². The zero-order chi connectivity index (χ0) is 23.7. The molecule has 0 N–H and O–H groups in total. The lowest BCUT2D eigenvalue weighted by Crippen LogP contribution is -2.39. The Bertz CT molecular complexity index is 1440. The fraction of sp³-hybridized carbons (Fsp3) is 0.208. The third-order valence-electron chi connectivity index (χ3n) is 5.22. The zero-order valence-electron chi connectivity index (χ0n) is 18.1. The van der Waals surface area contributed by atoms with Gasteiger partial charge in [0.05, 0.1) is 45.6 Å². The molecule has 0 amide bonds.